The van der Waals surface area contributed by atoms with Gasteiger partial charge in [0.05, 0.1) is 17.3 Å². The van der Waals surface area contributed by atoms with E-state index in [0.29, 0.717) is 33.7 Å². The number of nitrogens with zero attached hydrogens (tertiary/aromatic N) is 1. The van der Waals surface area contributed by atoms with E-state index < -0.39 is 21.8 Å². The van der Waals surface area contributed by atoms with E-state index in [4.69, 9.17) is 4.74 Å². The van der Waals surface area contributed by atoms with Gasteiger partial charge in [-0.1, -0.05) is 43.7 Å². The van der Waals surface area contributed by atoms with Crippen LogP contribution in [0.3, 0.4) is 0 Å². The molecule has 9 heteroatoms. The highest BCUT2D eigenvalue weighted by molar-refractivity contribution is 7.91. The van der Waals surface area contributed by atoms with Crippen LogP contribution in [0.2, 0.25) is 0 Å². The van der Waals surface area contributed by atoms with Gasteiger partial charge in [0.15, 0.2) is 22.1 Å². The lowest BCUT2D eigenvalue weighted by atomic mass is 10.0. The summed E-state index contributed by atoms with van der Waals surface area (Å²) in [7, 11) is -3.59. The number of aliphatic hydroxyl groups excluding tert-OH is 1. The Kier molecular flexibility index (Phi) is 8.70. The average molecular weight is 585 g/mol. The van der Waals surface area contributed by atoms with Gasteiger partial charge in [0.1, 0.15) is 5.75 Å². The number of pyridine rings is 1. The van der Waals surface area contributed by atoms with Crippen LogP contribution in [-0.4, -0.2) is 31.8 Å². The molecule has 1 atom stereocenters. The second kappa shape index (κ2) is 12.6. The molecule has 216 valence electrons. The van der Waals surface area contributed by atoms with Crippen LogP contribution < -0.4 is 14.8 Å². The summed E-state index contributed by atoms with van der Waals surface area (Å²) in [6.07, 6.45) is 3.93. The summed E-state index contributed by atoms with van der Waals surface area (Å²) in [5, 5.41) is 25.4. The maximum absolute atomic E-state index is 13.2. The molecule has 2 heterocycles. The molecule has 0 saturated heterocycles. The molecule has 0 saturated carbocycles. The van der Waals surface area contributed by atoms with Gasteiger partial charge in [-0.3, -0.25) is 4.79 Å². The number of sulfone groups is 1. The maximum atomic E-state index is 13.2. The number of aliphatic hydroxyl groups is 1. The standard InChI is InChI=1S/C33H32N2O6S/c1-2-3-19-41-29-14-9-23(10-15-29)25-11-16-31-27(21-25)22-26(17-20-42(31,39)40)33(37)34-28-12-7-24(8-13-28)32(36)30-6-4-5-18-35(30)38/h4-16,18,21-22,32,36H,2-3,17,19-20H2,1H3,(H,34,37). The number of amides is 1. The van der Waals surface area contributed by atoms with Crippen molar-refractivity contribution >= 4 is 27.5 Å². The molecule has 0 bridgehead atoms. The number of carbonyl (C=O) groups excluding carboxylic acids is 1. The van der Waals surface area contributed by atoms with E-state index in [2.05, 4.69) is 12.2 Å². The van der Waals surface area contributed by atoms with E-state index in [9.17, 15) is 23.5 Å². The number of carbonyl (C=O) groups is 1. The van der Waals surface area contributed by atoms with Gasteiger partial charge < -0.3 is 20.4 Å². The number of anilines is 1. The molecule has 4 aromatic rings. The summed E-state index contributed by atoms with van der Waals surface area (Å²) in [4.78, 5) is 13.4. The Labute approximate surface area is 245 Å². The molecule has 5 rings (SSSR count). The molecular weight excluding hydrogens is 552 g/mol. The summed E-state index contributed by atoms with van der Waals surface area (Å²) in [5.74, 6) is 0.186. The first-order valence-electron chi connectivity index (χ1n) is 13.8. The summed E-state index contributed by atoms with van der Waals surface area (Å²) in [5.41, 5.74) is 3.69. The third-order valence-electron chi connectivity index (χ3n) is 7.18. The van der Waals surface area contributed by atoms with Crippen LogP contribution in [-0.2, 0) is 14.6 Å². The van der Waals surface area contributed by atoms with Crippen LogP contribution in [0.15, 0.2) is 102 Å². The van der Waals surface area contributed by atoms with Gasteiger partial charge in [-0.05, 0) is 83.6 Å². The first kappa shape index (κ1) is 29.0. The van der Waals surface area contributed by atoms with Crippen molar-refractivity contribution in [2.75, 3.05) is 17.7 Å². The number of hydrogen-bond acceptors (Lipinski definition) is 6. The first-order chi connectivity index (χ1) is 20.2. The van der Waals surface area contributed by atoms with Crippen molar-refractivity contribution < 1.29 is 27.8 Å². The van der Waals surface area contributed by atoms with E-state index in [-0.39, 0.29) is 22.8 Å². The van der Waals surface area contributed by atoms with Crippen molar-refractivity contribution in [2.45, 2.75) is 37.2 Å². The first-order valence-corrected chi connectivity index (χ1v) is 15.5. The van der Waals surface area contributed by atoms with E-state index in [1.165, 1.54) is 6.20 Å². The minimum absolute atomic E-state index is 0.0658. The zero-order valence-corrected chi connectivity index (χ0v) is 24.0. The van der Waals surface area contributed by atoms with Crippen molar-refractivity contribution in [3.63, 3.8) is 0 Å². The van der Waals surface area contributed by atoms with Crippen LogP contribution in [0.1, 0.15) is 49.1 Å². The molecule has 8 nitrogen and oxygen atoms in total. The maximum Gasteiger partial charge on any atom is 0.251 e. The zero-order valence-electron chi connectivity index (χ0n) is 23.2. The SMILES string of the molecule is CCCCOc1ccc(-c2ccc3c(c2)C=C(C(=O)Nc2ccc(C(O)c4cccc[n+]4[O-])cc2)CCS3(=O)=O)cc1. The number of unbranched alkanes of at least 4 members (excludes halogenated alkanes) is 1. The van der Waals surface area contributed by atoms with Gasteiger partial charge in [-0.25, -0.2) is 8.42 Å². The van der Waals surface area contributed by atoms with Gasteiger partial charge >= 0.3 is 0 Å². The van der Waals surface area contributed by atoms with E-state index in [1.54, 1.807) is 66.7 Å². The predicted molar refractivity (Wildman–Crippen MR) is 161 cm³/mol. The number of aromatic nitrogens is 1. The Bertz CT molecular complexity index is 1710. The Balaban J connectivity index is 1.35. The van der Waals surface area contributed by atoms with Gasteiger partial charge in [0.2, 0.25) is 5.69 Å². The average Bonchev–Trinajstić information content (AvgIpc) is 3.13. The molecule has 1 amide bonds. The van der Waals surface area contributed by atoms with Crippen LogP contribution in [0, 0.1) is 5.21 Å². The zero-order chi connectivity index (χ0) is 29.7. The lowest BCUT2D eigenvalue weighted by molar-refractivity contribution is -0.617. The van der Waals surface area contributed by atoms with Crippen molar-refractivity contribution in [3.8, 4) is 16.9 Å². The summed E-state index contributed by atoms with van der Waals surface area (Å²) in [6, 6.07) is 24.1. The largest absolute Gasteiger partial charge is 0.618 e. The Morgan fingerprint density at radius 1 is 1.02 bits per heavy atom. The van der Waals surface area contributed by atoms with E-state index >= 15 is 0 Å². The molecule has 0 radical (unpaired) electrons. The molecule has 0 aliphatic carbocycles. The second-order valence-electron chi connectivity index (χ2n) is 10.1. The van der Waals surface area contributed by atoms with Crippen molar-refractivity contribution in [2.24, 2.45) is 0 Å². The molecule has 1 unspecified atom stereocenters. The van der Waals surface area contributed by atoms with Crippen molar-refractivity contribution in [1.82, 2.24) is 0 Å². The van der Waals surface area contributed by atoms with Gasteiger partial charge in [0, 0.05) is 23.4 Å². The normalized spacial score (nSPS) is 14.7. The molecule has 3 aromatic carbocycles. The summed E-state index contributed by atoms with van der Waals surface area (Å²) < 4.78 is 32.5. The molecular formula is C33H32N2O6S. The molecule has 2 N–H and O–H groups in total. The number of ether oxygens (including phenoxy) is 1. The lowest BCUT2D eigenvalue weighted by Crippen LogP contribution is -2.32. The predicted octanol–water partition coefficient (Wildman–Crippen LogP) is 5.45. The fraction of sp³-hybridized carbons (Fsp3) is 0.212. The van der Waals surface area contributed by atoms with Crippen LogP contribution >= 0.6 is 0 Å². The Hall–Kier alpha value is -4.47. The smallest absolute Gasteiger partial charge is 0.251 e. The van der Waals surface area contributed by atoms with Crippen molar-refractivity contribution in [3.05, 3.63) is 119 Å². The van der Waals surface area contributed by atoms with Gasteiger partial charge in [-0.15, -0.1) is 0 Å². The number of fused-ring (bicyclic) bond motifs is 1. The highest BCUT2D eigenvalue weighted by atomic mass is 32.2. The van der Waals surface area contributed by atoms with Crippen LogP contribution in [0.25, 0.3) is 17.2 Å². The quantitative estimate of drug-likeness (QED) is 0.153. The molecule has 0 spiro atoms. The van der Waals surface area contributed by atoms with E-state index in [1.807, 2.05) is 24.3 Å². The molecule has 42 heavy (non-hydrogen) atoms. The second-order valence-corrected chi connectivity index (χ2v) is 12.2. The molecule has 1 aliphatic rings. The number of benzene rings is 3. The lowest BCUT2D eigenvalue weighted by Gasteiger charge is -2.12. The number of nitrogens with one attached hydrogen (secondary N) is 1. The third-order valence-corrected chi connectivity index (χ3v) is 8.96. The fourth-order valence-corrected chi connectivity index (χ4v) is 6.24. The Morgan fingerprint density at radius 2 is 1.76 bits per heavy atom. The van der Waals surface area contributed by atoms with Crippen molar-refractivity contribution in [1.29, 1.82) is 0 Å². The topological polar surface area (TPSA) is 120 Å². The summed E-state index contributed by atoms with van der Waals surface area (Å²) in [6.45, 7) is 2.76. The van der Waals surface area contributed by atoms with Gasteiger partial charge in [-0.2, -0.15) is 4.73 Å². The van der Waals surface area contributed by atoms with Crippen LogP contribution in [0.4, 0.5) is 5.69 Å². The summed E-state index contributed by atoms with van der Waals surface area (Å²) >= 11 is 0. The third kappa shape index (κ3) is 6.53. The highest BCUT2D eigenvalue weighted by Crippen LogP contribution is 2.32. The Morgan fingerprint density at radius 3 is 2.48 bits per heavy atom. The minimum atomic E-state index is -3.59. The number of hydrogen-bond donors (Lipinski definition) is 2. The number of rotatable bonds is 9. The molecule has 1 aromatic heterocycles. The minimum Gasteiger partial charge on any atom is -0.618 e. The van der Waals surface area contributed by atoms with E-state index in [0.717, 1.165) is 29.7 Å². The highest BCUT2D eigenvalue weighted by Gasteiger charge is 2.25. The van der Waals surface area contributed by atoms with Crippen LogP contribution in [0.5, 0.6) is 5.75 Å². The molecule has 0 fully saturated rings. The molecule has 1 aliphatic heterocycles. The fourth-order valence-electron chi connectivity index (χ4n) is 4.78. The monoisotopic (exact) mass is 584 g/mol. The van der Waals surface area contributed by atoms with Gasteiger partial charge in [0.25, 0.3) is 5.91 Å².